The quantitative estimate of drug-likeness (QED) is 0.580. The zero-order chi connectivity index (χ0) is 11.7. The van der Waals surface area contributed by atoms with Crippen molar-refractivity contribution in [3.05, 3.63) is 46.6 Å². The molecule has 1 heterocycles. The first-order valence-electron chi connectivity index (χ1n) is 4.31. The summed E-state index contributed by atoms with van der Waals surface area (Å²) in [6.07, 6.45) is 0.643. The van der Waals surface area contributed by atoms with Gasteiger partial charge in [-0.1, -0.05) is 0 Å². The highest BCUT2D eigenvalue weighted by Crippen LogP contribution is 2.29. The lowest BCUT2D eigenvalue weighted by Crippen LogP contribution is -1.90. The number of carbonyl (C=O) groups is 1. The van der Waals surface area contributed by atoms with Crippen LogP contribution in [-0.2, 0) is 0 Å². The molecule has 0 fully saturated rings. The second-order valence-electron chi connectivity index (χ2n) is 3.07. The second-order valence-corrected chi connectivity index (χ2v) is 4.19. The molecule has 0 saturated carbocycles. The van der Waals surface area contributed by atoms with Crippen LogP contribution in [0.25, 0.3) is 10.4 Å². The minimum Gasteiger partial charge on any atom is -0.297 e. The standard InChI is InChI=1S/C11H5F3OS/c12-8-3-6(4-9(13)11(8)14)10-2-1-7(5-15)16-10/h1-5H. The summed E-state index contributed by atoms with van der Waals surface area (Å²) in [6, 6.07) is 4.89. The average Bonchev–Trinajstić information content (AvgIpc) is 2.73. The first-order valence-corrected chi connectivity index (χ1v) is 5.13. The van der Waals surface area contributed by atoms with Gasteiger partial charge in [0.1, 0.15) is 0 Å². The van der Waals surface area contributed by atoms with Gasteiger partial charge >= 0.3 is 0 Å². The van der Waals surface area contributed by atoms with Gasteiger partial charge in [0.15, 0.2) is 23.7 Å². The van der Waals surface area contributed by atoms with Crippen molar-refractivity contribution in [3.8, 4) is 10.4 Å². The predicted molar refractivity (Wildman–Crippen MR) is 55.0 cm³/mol. The fourth-order valence-corrected chi connectivity index (χ4v) is 2.08. The number of carbonyl (C=O) groups excluding carboxylic acids is 1. The average molecular weight is 242 g/mol. The van der Waals surface area contributed by atoms with Gasteiger partial charge in [0.25, 0.3) is 0 Å². The van der Waals surface area contributed by atoms with Crippen molar-refractivity contribution in [2.24, 2.45) is 0 Å². The van der Waals surface area contributed by atoms with Crippen LogP contribution < -0.4 is 0 Å². The third kappa shape index (κ3) is 1.86. The Balaban J connectivity index is 2.52. The zero-order valence-electron chi connectivity index (χ0n) is 7.84. The summed E-state index contributed by atoms with van der Waals surface area (Å²) in [5.41, 5.74) is 0.217. The molecule has 1 aromatic carbocycles. The molecule has 0 bridgehead atoms. The normalized spacial score (nSPS) is 10.4. The first-order chi connectivity index (χ1) is 7.61. The molecular weight excluding hydrogens is 237 g/mol. The summed E-state index contributed by atoms with van der Waals surface area (Å²) in [5, 5.41) is 0. The number of aldehydes is 1. The monoisotopic (exact) mass is 242 g/mol. The number of thiophene rings is 1. The van der Waals surface area contributed by atoms with E-state index in [1.54, 1.807) is 6.07 Å². The largest absolute Gasteiger partial charge is 0.297 e. The summed E-state index contributed by atoms with van der Waals surface area (Å²) in [5.74, 6) is -3.97. The molecule has 0 amide bonds. The highest BCUT2D eigenvalue weighted by molar-refractivity contribution is 7.17. The van der Waals surface area contributed by atoms with Gasteiger partial charge in [-0.25, -0.2) is 13.2 Å². The molecule has 5 heteroatoms. The molecule has 0 radical (unpaired) electrons. The molecule has 1 aromatic heterocycles. The Morgan fingerprint density at radius 2 is 1.69 bits per heavy atom. The molecular formula is C11H5F3OS. The Morgan fingerprint density at radius 3 is 2.19 bits per heavy atom. The maximum absolute atomic E-state index is 12.9. The van der Waals surface area contributed by atoms with Crippen LogP contribution in [0.5, 0.6) is 0 Å². The molecule has 2 rings (SSSR count). The fraction of sp³-hybridized carbons (Fsp3) is 0. The summed E-state index contributed by atoms with van der Waals surface area (Å²) < 4.78 is 38.6. The Labute approximate surface area is 93.2 Å². The number of halogens is 3. The van der Waals surface area contributed by atoms with Crippen molar-refractivity contribution in [1.29, 1.82) is 0 Å². The molecule has 0 atom stereocenters. The fourth-order valence-electron chi connectivity index (χ4n) is 1.27. The minimum absolute atomic E-state index is 0.217. The molecule has 0 aliphatic rings. The van der Waals surface area contributed by atoms with Crippen LogP contribution in [-0.4, -0.2) is 6.29 Å². The molecule has 0 unspecified atom stereocenters. The summed E-state index contributed by atoms with van der Waals surface area (Å²) >= 11 is 1.09. The third-order valence-electron chi connectivity index (χ3n) is 2.01. The van der Waals surface area contributed by atoms with Gasteiger partial charge < -0.3 is 0 Å². The van der Waals surface area contributed by atoms with Crippen molar-refractivity contribution in [3.63, 3.8) is 0 Å². The summed E-state index contributed by atoms with van der Waals surface area (Å²) in [7, 11) is 0. The van der Waals surface area contributed by atoms with Crippen molar-refractivity contribution >= 4 is 17.6 Å². The van der Waals surface area contributed by atoms with Crippen LogP contribution in [0.3, 0.4) is 0 Å². The Bertz CT molecular complexity index is 525. The molecule has 0 N–H and O–H groups in total. The van der Waals surface area contributed by atoms with Gasteiger partial charge in [0.05, 0.1) is 4.88 Å². The van der Waals surface area contributed by atoms with Gasteiger partial charge in [0.2, 0.25) is 0 Å². The highest BCUT2D eigenvalue weighted by atomic mass is 32.1. The Morgan fingerprint density at radius 1 is 1.06 bits per heavy atom. The molecule has 0 spiro atoms. The Hall–Kier alpha value is -1.62. The maximum atomic E-state index is 12.9. The predicted octanol–water partition coefficient (Wildman–Crippen LogP) is 3.64. The van der Waals surface area contributed by atoms with Gasteiger partial charge in [0, 0.05) is 4.88 Å². The van der Waals surface area contributed by atoms with Gasteiger partial charge in [-0.3, -0.25) is 4.79 Å². The molecule has 0 aliphatic heterocycles. The van der Waals surface area contributed by atoms with Crippen molar-refractivity contribution < 1.29 is 18.0 Å². The second kappa shape index (κ2) is 4.09. The van der Waals surface area contributed by atoms with Crippen molar-refractivity contribution in [2.45, 2.75) is 0 Å². The Kier molecular flexibility index (Phi) is 2.78. The zero-order valence-corrected chi connectivity index (χ0v) is 8.65. The lowest BCUT2D eigenvalue weighted by molar-refractivity contribution is 0.112. The van der Waals surface area contributed by atoms with E-state index in [1.807, 2.05) is 0 Å². The topological polar surface area (TPSA) is 17.1 Å². The van der Waals surface area contributed by atoms with Crippen LogP contribution in [0.1, 0.15) is 9.67 Å². The van der Waals surface area contributed by atoms with E-state index in [4.69, 9.17) is 0 Å². The van der Waals surface area contributed by atoms with E-state index in [0.717, 1.165) is 23.5 Å². The van der Waals surface area contributed by atoms with E-state index in [-0.39, 0.29) is 5.56 Å². The number of benzene rings is 1. The summed E-state index contributed by atoms with van der Waals surface area (Å²) in [6.45, 7) is 0. The van der Waals surface area contributed by atoms with Crippen molar-refractivity contribution in [1.82, 2.24) is 0 Å². The van der Waals surface area contributed by atoms with E-state index in [9.17, 15) is 18.0 Å². The van der Waals surface area contributed by atoms with Crippen molar-refractivity contribution in [2.75, 3.05) is 0 Å². The maximum Gasteiger partial charge on any atom is 0.194 e. The molecule has 16 heavy (non-hydrogen) atoms. The lowest BCUT2D eigenvalue weighted by Gasteiger charge is -2.00. The van der Waals surface area contributed by atoms with Gasteiger partial charge in [-0.2, -0.15) is 0 Å². The molecule has 0 aliphatic carbocycles. The molecule has 1 nitrogen and oxygen atoms in total. The van der Waals surface area contributed by atoms with Crippen LogP contribution in [0, 0.1) is 17.5 Å². The highest BCUT2D eigenvalue weighted by Gasteiger charge is 2.12. The van der Waals surface area contributed by atoms with E-state index in [2.05, 4.69) is 0 Å². The first kappa shape index (κ1) is 10.9. The number of rotatable bonds is 2. The van der Waals surface area contributed by atoms with Crippen LogP contribution >= 0.6 is 11.3 Å². The van der Waals surface area contributed by atoms with E-state index in [0.29, 0.717) is 16.0 Å². The van der Waals surface area contributed by atoms with E-state index < -0.39 is 17.5 Å². The minimum atomic E-state index is -1.49. The van der Waals surface area contributed by atoms with Gasteiger partial charge in [-0.15, -0.1) is 11.3 Å². The van der Waals surface area contributed by atoms with Gasteiger partial charge in [-0.05, 0) is 29.8 Å². The molecule has 2 aromatic rings. The summed E-state index contributed by atoms with van der Waals surface area (Å²) in [4.78, 5) is 11.4. The lowest BCUT2D eigenvalue weighted by atomic mass is 10.2. The smallest absolute Gasteiger partial charge is 0.194 e. The number of hydrogen-bond acceptors (Lipinski definition) is 2. The third-order valence-corrected chi connectivity index (χ3v) is 3.07. The van der Waals surface area contributed by atoms with E-state index in [1.165, 1.54) is 6.07 Å². The van der Waals surface area contributed by atoms with Crippen LogP contribution in [0.15, 0.2) is 24.3 Å². The molecule has 0 saturated heterocycles. The van der Waals surface area contributed by atoms with Crippen LogP contribution in [0.4, 0.5) is 13.2 Å². The van der Waals surface area contributed by atoms with E-state index >= 15 is 0 Å². The molecule has 82 valence electrons. The number of hydrogen-bond donors (Lipinski definition) is 0. The SMILES string of the molecule is O=Cc1ccc(-c2cc(F)c(F)c(F)c2)s1. The van der Waals surface area contributed by atoms with Crippen LogP contribution in [0.2, 0.25) is 0 Å².